The van der Waals surface area contributed by atoms with Crippen molar-refractivity contribution >= 4 is 11.8 Å². The van der Waals surface area contributed by atoms with E-state index in [1.807, 2.05) is 18.7 Å². The number of hydrogen-bond acceptors (Lipinski definition) is 5. The van der Waals surface area contributed by atoms with Crippen LogP contribution in [0.25, 0.3) is 0 Å². The Labute approximate surface area is 99.2 Å². The minimum atomic E-state index is -0.756. The van der Waals surface area contributed by atoms with Gasteiger partial charge in [0.05, 0.1) is 12.0 Å². The molecule has 0 bridgehead atoms. The van der Waals surface area contributed by atoms with Gasteiger partial charge in [-0.2, -0.15) is 0 Å². The Kier molecular flexibility index (Phi) is 3.12. The van der Waals surface area contributed by atoms with Crippen molar-refractivity contribution in [3.05, 3.63) is 12.4 Å². The maximum atomic E-state index is 10.7. The van der Waals surface area contributed by atoms with Crippen molar-refractivity contribution in [2.75, 3.05) is 18.0 Å². The van der Waals surface area contributed by atoms with Crippen LogP contribution in [0.15, 0.2) is 12.4 Å². The number of hydrogen-bond donors (Lipinski definition) is 1. The van der Waals surface area contributed by atoms with Gasteiger partial charge in [-0.1, -0.05) is 0 Å². The summed E-state index contributed by atoms with van der Waals surface area (Å²) in [5, 5.41) is 8.79. The number of nitrogens with zero attached hydrogens (tertiary/aromatic N) is 3. The highest BCUT2D eigenvalue weighted by atomic mass is 16.5. The Morgan fingerprint density at radius 1 is 1.53 bits per heavy atom. The second kappa shape index (κ2) is 4.57. The van der Waals surface area contributed by atoms with Gasteiger partial charge in [-0.25, -0.2) is 9.97 Å². The van der Waals surface area contributed by atoms with E-state index in [1.54, 1.807) is 6.07 Å². The summed E-state index contributed by atoms with van der Waals surface area (Å²) in [6.07, 6.45) is 1.49. The molecule has 1 aromatic rings. The Bertz CT molecular complexity index is 416. The molecule has 0 unspecified atom stereocenters. The molecule has 2 rings (SSSR count). The maximum Gasteiger partial charge on any atom is 0.310 e. The minimum Gasteiger partial charge on any atom is -0.481 e. The summed E-state index contributed by atoms with van der Waals surface area (Å²) in [7, 11) is 0. The van der Waals surface area contributed by atoms with Crippen LogP contribution < -0.4 is 9.64 Å². The van der Waals surface area contributed by atoms with E-state index in [1.165, 1.54) is 6.33 Å². The predicted molar refractivity (Wildman–Crippen MR) is 61.1 cm³/mol. The molecule has 1 N–H and O–H groups in total. The van der Waals surface area contributed by atoms with Gasteiger partial charge in [-0.05, 0) is 13.8 Å². The largest absolute Gasteiger partial charge is 0.481 e. The monoisotopic (exact) mass is 237 g/mol. The highest BCUT2D eigenvalue weighted by Gasteiger charge is 2.33. The molecule has 1 fully saturated rings. The molecule has 1 aromatic heterocycles. The first-order chi connectivity index (χ1) is 8.06. The molecule has 0 aliphatic carbocycles. The van der Waals surface area contributed by atoms with Gasteiger partial charge in [-0.3, -0.25) is 4.79 Å². The van der Waals surface area contributed by atoms with E-state index in [0.717, 1.165) is 0 Å². The van der Waals surface area contributed by atoms with Crippen molar-refractivity contribution in [1.29, 1.82) is 0 Å². The minimum absolute atomic E-state index is 0.0564. The summed E-state index contributed by atoms with van der Waals surface area (Å²) >= 11 is 0. The normalized spacial score (nSPS) is 15.8. The molecule has 0 radical (unpaired) electrons. The van der Waals surface area contributed by atoms with Crippen LogP contribution in [0, 0.1) is 5.92 Å². The summed E-state index contributed by atoms with van der Waals surface area (Å²) in [6.45, 7) is 4.83. The van der Waals surface area contributed by atoms with Gasteiger partial charge in [0, 0.05) is 19.2 Å². The van der Waals surface area contributed by atoms with Crippen LogP contribution in [0.5, 0.6) is 5.88 Å². The maximum absolute atomic E-state index is 10.7. The average molecular weight is 237 g/mol. The molecule has 0 aromatic carbocycles. The fourth-order valence-electron chi connectivity index (χ4n) is 1.63. The summed E-state index contributed by atoms with van der Waals surface area (Å²) in [5.41, 5.74) is 0. The van der Waals surface area contributed by atoms with Gasteiger partial charge < -0.3 is 14.7 Å². The van der Waals surface area contributed by atoms with Crippen molar-refractivity contribution in [3.63, 3.8) is 0 Å². The predicted octanol–water partition coefficient (Wildman–Crippen LogP) is 0.785. The summed E-state index contributed by atoms with van der Waals surface area (Å²) in [5.74, 6) is 0.185. The van der Waals surface area contributed by atoms with Crippen LogP contribution in [0.4, 0.5) is 5.82 Å². The van der Waals surface area contributed by atoms with Gasteiger partial charge in [0.1, 0.15) is 12.1 Å². The van der Waals surface area contributed by atoms with E-state index in [4.69, 9.17) is 9.84 Å². The van der Waals surface area contributed by atoms with Gasteiger partial charge >= 0.3 is 5.97 Å². The van der Waals surface area contributed by atoms with Crippen molar-refractivity contribution in [2.24, 2.45) is 5.92 Å². The Morgan fingerprint density at radius 2 is 2.24 bits per heavy atom. The van der Waals surface area contributed by atoms with Crippen molar-refractivity contribution in [3.8, 4) is 5.88 Å². The SMILES string of the molecule is CC(C)Oc1cc(N2CC(C(=O)O)C2)ncn1. The number of carboxylic acid groups (broad SMARTS) is 1. The van der Waals surface area contributed by atoms with E-state index < -0.39 is 5.97 Å². The Hall–Kier alpha value is -1.85. The topological polar surface area (TPSA) is 75.5 Å². The zero-order valence-corrected chi connectivity index (χ0v) is 9.83. The fourth-order valence-corrected chi connectivity index (χ4v) is 1.63. The van der Waals surface area contributed by atoms with Crippen LogP contribution in [-0.4, -0.2) is 40.2 Å². The average Bonchev–Trinajstić information content (AvgIpc) is 2.13. The van der Waals surface area contributed by atoms with Gasteiger partial charge in [-0.15, -0.1) is 0 Å². The third kappa shape index (κ3) is 2.64. The van der Waals surface area contributed by atoms with Crippen molar-refractivity contribution in [1.82, 2.24) is 9.97 Å². The highest BCUT2D eigenvalue weighted by Crippen LogP contribution is 2.24. The third-order valence-corrected chi connectivity index (χ3v) is 2.54. The molecule has 1 aliphatic rings. The van der Waals surface area contributed by atoms with Crippen LogP contribution >= 0.6 is 0 Å². The molecule has 0 spiro atoms. The van der Waals surface area contributed by atoms with Gasteiger partial charge in [0.25, 0.3) is 0 Å². The number of aliphatic carboxylic acids is 1. The lowest BCUT2D eigenvalue weighted by Crippen LogP contribution is -2.50. The van der Waals surface area contributed by atoms with E-state index >= 15 is 0 Å². The van der Waals surface area contributed by atoms with Crippen LogP contribution in [-0.2, 0) is 4.79 Å². The van der Waals surface area contributed by atoms with E-state index in [-0.39, 0.29) is 12.0 Å². The molecule has 92 valence electrons. The molecule has 6 heteroatoms. The number of aromatic nitrogens is 2. The number of carboxylic acids is 1. The zero-order valence-electron chi connectivity index (χ0n) is 9.83. The first-order valence-electron chi connectivity index (χ1n) is 5.52. The number of anilines is 1. The van der Waals surface area contributed by atoms with Crippen LogP contribution in [0.1, 0.15) is 13.8 Å². The lowest BCUT2D eigenvalue weighted by molar-refractivity contribution is -0.142. The second-order valence-corrected chi connectivity index (χ2v) is 4.32. The molecule has 0 amide bonds. The summed E-state index contributed by atoms with van der Waals surface area (Å²) in [4.78, 5) is 20.7. The molecule has 1 saturated heterocycles. The molecule has 1 aliphatic heterocycles. The van der Waals surface area contributed by atoms with E-state index in [2.05, 4.69) is 9.97 Å². The van der Waals surface area contributed by atoms with Crippen LogP contribution in [0.2, 0.25) is 0 Å². The quantitative estimate of drug-likeness (QED) is 0.834. The van der Waals surface area contributed by atoms with Crippen molar-refractivity contribution in [2.45, 2.75) is 20.0 Å². The fraction of sp³-hybridized carbons (Fsp3) is 0.545. The molecular weight excluding hydrogens is 222 g/mol. The molecule has 0 saturated carbocycles. The highest BCUT2D eigenvalue weighted by molar-refractivity contribution is 5.74. The van der Waals surface area contributed by atoms with E-state index in [9.17, 15) is 4.79 Å². The Balaban J connectivity index is 2.00. The Morgan fingerprint density at radius 3 is 2.82 bits per heavy atom. The van der Waals surface area contributed by atoms with Gasteiger partial charge in [0.2, 0.25) is 5.88 Å². The lowest BCUT2D eigenvalue weighted by atomic mass is 10.0. The zero-order chi connectivity index (χ0) is 12.4. The third-order valence-electron chi connectivity index (χ3n) is 2.54. The number of carbonyl (C=O) groups is 1. The molecule has 0 atom stereocenters. The number of rotatable bonds is 4. The van der Waals surface area contributed by atoms with Gasteiger partial charge in [0.15, 0.2) is 0 Å². The lowest BCUT2D eigenvalue weighted by Gasteiger charge is -2.37. The summed E-state index contributed by atoms with van der Waals surface area (Å²) < 4.78 is 5.45. The first kappa shape index (κ1) is 11.6. The summed E-state index contributed by atoms with van der Waals surface area (Å²) in [6, 6.07) is 1.73. The van der Waals surface area contributed by atoms with Crippen molar-refractivity contribution < 1.29 is 14.6 Å². The van der Waals surface area contributed by atoms with Crippen LogP contribution in [0.3, 0.4) is 0 Å². The second-order valence-electron chi connectivity index (χ2n) is 4.32. The van der Waals surface area contributed by atoms with E-state index in [0.29, 0.717) is 24.8 Å². The standard InChI is InChI=1S/C11H15N3O3/c1-7(2)17-10-3-9(12-6-13-10)14-4-8(5-14)11(15)16/h3,6-8H,4-5H2,1-2H3,(H,15,16). The molecular formula is C11H15N3O3. The molecule has 2 heterocycles. The molecule has 6 nitrogen and oxygen atoms in total. The number of ether oxygens (including phenoxy) is 1. The first-order valence-corrected chi connectivity index (χ1v) is 5.52. The molecule has 17 heavy (non-hydrogen) atoms. The smallest absolute Gasteiger partial charge is 0.310 e.